The van der Waals surface area contributed by atoms with Crippen molar-refractivity contribution in [1.82, 2.24) is 4.90 Å². The largest absolute Gasteiger partial charge is 0.504 e. The first-order valence-electron chi connectivity index (χ1n) is 10.1. The van der Waals surface area contributed by atoms with Gasteiger partial charge in [-0.15, -0.1) is 0 Å². The van der Waals surface area contributed by atoms with Crippen LogP contribution in [0.4, 0.5) is 5.69 Å². The molecule has 5 aliphatic rings. The highest BCUT2D eigenvalue weighted by molar-refractivity contribution is 5.99. The summed E-state index contributed by atoms with van der Waals surface area (Å²) in [4.78, 5) is 29.2. The predicted octanol–water partition coefficient (Wildman–Crippen LogP) is 1.52. The second-order valence-electron chi connectivity index (χ2n) is 9.31. The fourth-order valence-corrected chi connectivity index (χ4v) is 7.85. The van der Waals surface area contributed by atoms with Crippen molar-refractivity contribution in [3.63, 3.8) is 0 Å². The Bertz CT molecular complexity index is 947. The summed E-state index contributed by atoms with van der Waals surface area (Å²) < 4.78 is 5.29. The highest BCUT2D eigenvalue weighted by Crippen LogP contribution is 2.73. The number of methoxy groups -OCH3 is 1. The normalized spacial score (nSPS) is 42.5. The van der Waals surface area contributed by atoms with E-state index < -0.39 is 11.0 Å². The zero-order chi connectivity index (χ0) is 19.5. The van der Waals surface area contributed by atoms with Crippen LogP contribution in [0.25, 0.3) is 0 Å². The van der Waals surface area contributed by atoms with Gasteiger partial charge in [0.15, 0.2) is 11.5 Å². The Balaban J connectivity index is 1.72. The first kappa shape index (κ1) is 16.7. The standard InChI is InChI=1S/C21H24N2O5/c1-28-18(27)20-7-6-19-5-2-8-23-10-12(14(25)9-19)21(20,17(19)23)11-3-4-13(24)16(26)15(11)22-20/h3-4,12,17,22,24,26H,2,5-10H2,1H3/t12?,17-,19?,20+,21-/m0/s1. The number of ketones is 1. The molecule has 7 heteroatoms. The van der Waals surface area contributed by atoms with Crippen molar-refractivity contribution < 1.29 is 24.5 Å². The Morgan fingerprint density at radius 3 is 2.89 bits per heavy atom. The summed E-state index contributed by atoms with van der Waals surface area (Å²) in [6, 6.07) is 3.33. The molecule has 5 atom stereocenters. The number of nitrogens with one attached hydrogen (secondary N) is 1. The van der Waals surface area contributed by atoms with Gasteiger partial charge in [0.25, 0.3) is 0 Å². The molecule has 1 aromatic rings. The number of Topliss-reactive ketones (excluding diaryl/α,β-unsaturated/α-hetero) is 1. The van der Waals surface area contributed by atoms with Gasteiger partial charge in [-0.25, -0.2) is 4.79 Å². The van der Waals surface area contributed by atoms with Crippen LogP contribution in [0, 0.1) is 11.3 Å². The summed E-state index contributed by atoms with van der Waals surface area (Å²) in [5.41, 5.74) is -0.834. The van der Waals surface area contributed by atoms with Crippen molar-refractivity contribution in [3.05, 3.63) is 17.7 Å². The molecule has 4 bridgehead atoms. The van der Waals surface area contributed by atoms with Gasteiger partial charge in [0, 0.05) is 24.9 Å². The number of fused-ring (bicyclic) bond motifs is 1. The van der Waals surface area contributed by atoms with Gasteiger partial charge in [-0.3, -0.25) is 9.69 Å². The van der Waals surface area contributed by atoms with Crippen LogP contribution in [0.5, 0.6) is 11.5 Å². The zero-order valence-electron chi connectivity index (χ0n) is 15.8. The zero-order valence-corrected chi connectivity index (χ0v) is 15.8. The summed E-state index contributed by atoms with van der Waals surface area (Å²) in [6.07, 6.45) is 3.97. The Morgan fingerprint density at radius 2 is 2.11 bits per heavy atom. The fraction of sp³-hybridized carbons (Fsp3) is 0.619. The van der Waals surface area contributed by atoms with Gasteiger partial charge in [0.1, 0.15) is 11.3 Å². The number of rotatable bonds is 1. The molecular weight excluding hydrogens is 360 g/mol. The lowest BCUT2D eigenvalue weighted by Gasteiger charge is -2.63. The summed E-state index contributed by atoms with van der Waals surface area (Å²) in [6.45, 7) is 1.57. The molecule has 1 aromatic carbocycles. The molecule has 148 valence electrons. The molecule has 0 radical (unpaired) electrons. The molecule has 7 nitrogen and oxygen atoms in total. The van der Waals surface area contributed by atoms with Gasteiger partial charge in [-0.05, 0) is 49.3 Å². The quantitative estimate of drug-likeness (QED) is 0.499. The molecule has 2 aliphatic carbocycles. The predicted molar refractivity (Wildman–Crippen MR) is 99.2 cm³/mol. The number of phenols is 2. The van der Waals surface area contributed by atoms with Crippen LogP contribution in [0.15, 0.2) is 12.1 Å². The first-order chi connectivity index (χ1) is 13.4. The third-order valence-electron chi connectivity index (χ3n) is 8.56. The van der Waals surface area contributed by atoms with E-state index in [1.807, 2.05) is 0 Å². The number of phenolic OH excluding ortho intramolecular Hbond substituents is 2. The number of ether oxygens (including phenoxy) is 1. The maximum Gasteiger partial charge on any atom is 0.332 e. The van der Waals surface area contributed by atoms with Crippen molar-refractivity contribution in [1.29, 1.82) is 0 Å². The molecule has 2 saturated heterocycles. The van der Waals surface area contributed by atoms with Crippen LogP contribution >= 0.6 is 0 Å². The number of piperidine rings is 1. The van der Waals surface area contributed by atoms with E-state index in [1.54, 1.807) is 6.07 Å². The van der Waals surface area contributed by atoms with Gasteiger partial charge >= 0.3 is 5.97 Å². The summed E-state index contributed by atoms with van der Waals surface area (Å²) in [5.74, 6) is -0.970. The second kappa shape index (κ2) is 4.82. The molecule has 1 spiro atoms. The number of benzene rings is 1. The van der Waals surface area contributed by atoms with Crippen LogP contribution in [-0.2, 0) is 19.7 Å². The molecule has 2 saturated carbocycles. The average molecular weight is 384 g/mol. The number of aromatic hydroxyl groups is 2. The monoisotopic (exact) mass is 384 g/mol. The van der Waals surface area contributed by atoms with E-state index in [1.165, 1.54) is 13.2 Å². The molecule has 3 N–H and O–H groups in total. The second-order valence-corrected chi connectivity index (χ2v) is 9.31. The topological polar surface area (TPSA) is 99.1 Å². The highest BCUT2D eigenvalue weighted by Gasteiger charge is 2.82. The number of nitrogens with zero attached hydrogens (tertiary/aromatic N) is 1. The van der Waals surface area contributed by atoms with Crippen molar-refractivity contribution >= 4 is 17.4 Å². The molecular formula is C21H24N2O5. The van der Waals surface area contributed by atoms with Gasteiger partial charge in [0.2, 0.25) is 0 Å². The Hall–Kier alpha value is -2.28. The minimum Gasteiger partial charge on any atom is -0.504 e. The number of carbonyl (C=O) groups is 2. The Morgan fingerprint density at radius 1 is 1.29 bits per heavy atom. The van der Waals surface area contributed by atoms with Crippen LogP contribution < -0.4 is 5.32 Å². The molecule has 2 unspecified atom stereocenters. The maximum absolute atomic E-state index is 13.4. The number of esters is 1. The number of anilines is 1. The van der Waals surface area contributed by atoms with E-state index in [0.717, 1.165) is 31.4 Å². The minimum absolute atomic E-state index is 0.0574. The molecule has 3 aliphatic heterocycles. The Labute approximate surface area is 162 Å². The lowest BCUT2D eigenvalue weighted by molar-refractivity contribution is -0.163. The van der Waals surface area contributed by atoms with Crippen molar-refractivity contribution in [2.75, 3.05) is 25.5 Å². The summed E-state index contributed by atoms with van der Waals surface area (Å²) in [5, 5.41) is 24.0. The number of hydrogen-bond donors (Lipinski definition) is 3. The lowest BCUT2D eigenvalue weighted by Crippen LogP contribution is -2.75. The molecule has 0 aromatic heterocycles. The van der Waals surface area contributed by atoms with Crippen LogP contribution in [0.1, 0.15) is 37.7 Å². The Kier molecular flexibility index (Phi) is 2.87. The van der Waals surface area contributed by atoms with Crippen LogP contribution in [-0.4, -0.2) is 58.6 Å². The number of hydrogen-bond acceptors (Lipinski definition) is 7. The molecule has 28 heavy (non-hydrogen) atoms. The SMILES string of the molecule is COC(=O)[C@]12CCC34CCCN5CC(C(=O)C3)[C@@]1(c1ccc(O)c(O)c1N2)[C@@H]54. The third kappa shape index (κ3) is 1.46. The van der Waals surface area contributed by atoms with E-state index >= 15 is 0 Å². The average Bonchev–Trinajstić information content (AvgIpc) is 3.18. The van der Waals surface area contributed by atoms with Crippen molar-refractivity contribution in [3.8, 4) is 11.5 Å². The van der Waals surface area contributed by atoms with Gasteiger partial charge < -0.3 is 20.3 Å². The van der Waals surface area contributed by atoms with E-state index in [0.29, 0.717) is 25.1 Å². The lowest BCUT2D eigenvalue weighted by atomic mass is 9.41. The van der Waals surface area contributed by atoms with Gasteiger partial charge in [0.05, 0.1) is 18.2 Å². The summed E-state index contributed by atoms with van der Waals surface area (Å²) in [7, 11) is 1.38. The molecule has 6 rings (SSSR count). The van der Waals surface area contributed by atoms with Gasteiger partial charge in [-0.1, -0.05) is 6.07 Å². The number of carbonyl (C=O) groups excluding carboxylic acids is 2. The van der Waals surface area contributed by atoms with Crippen molar-refractivity contribution in [2.24, 2.45) is 11.3 Å². The molecule has 4 fully saturated rings. The third-order valence-corrected chi connectivity index (χ3v) is 8.56. The summed E-state index contributed by atoms with van der Waals surface area (Å²) >= 11 is 0. The van der Waals surface area contributed by atoms with Crippen LogP contribution in [0.2, 0.25) is 0 Å². The molecule has 3 heterocycles. The van der Waals surface area contributed by atoms with E-state index in [2.05, 4.69) is 10.2 Å². The van der Waals surface area contributed by atoms with Gasteiger partial charge in [-0.2, -0.15) is 0 Å². The van der Waals surface area contributed by atoms with E-state index in [4.69, 9.17) is 4.74 Å². The van der Waals surface area contributed by atoms with E-state index in [9.17, 15) is 19.8 Å². The first-order valence-corrected chi connectivity index (χ1v) is 10.1. The van der Waals surface area contributed by atoms with Crippen LogP contribution in [0.3, 0.4) is 0 Å². The smallest absolute Gasteiger partial charge is 0.332 e. The molecule has 0 amide bonds. The maximum atomic E-state index is 13.4. The highest BCUT2D eigenvalue weighted by atomic mass is 16.5. The minimum atomic E-state index is -1.10. The van der Waals surface area contributed by atoms with E-state index in [-0.39, 0.29) is 40.6 Å². The van der Waals surface area contributed by atoms with Crippen molar-refractivity contribution in [2.45, 2.75) is 49.1 Å². The fourth-order valence-electron chi connectivity index (χ4n) is 7.85.